The van der Waals surface area contributed by atoms with E-state index in [1.165, 1.54) is 28.6 Å². The molecule has 35 heavy (non-hydrogen) atoms. The van der Waals surface area contributed by atoms with Crippen LogP contribution >= 0.6 is 0 Å². The van der Waals surface area contributed by atoms with Crippen molar-refractivity contribution in [2.24, 2.45) is 0 Å². The highest BCUT2D eigenvalue weighted by atomic mass is 32.2. The number of esters is 1. The van der Waals surface area contributed by atoms with Crippen LogP contribution in [0.1, 0.15) is 42.3 Å². The van der Waals surface area contributed by atoms with Crippen LogP contribution in [0.25, 0.3) is 0 Å². The summed E-state index contributed by atoms with van der Waals surface area (Å²) < 4.78 is 32.6. The Morgan fingerprint density at radius 1 is 0.829 bits per heavy atom. The van der Waals surface area contributed by atoms with Crippen molar-refractivity contribution in [3.63, 3.8) is 0 Å². The van der Waals surface area contributed by atoms with Gasteiger partial charge in [0.1, 0.15) is 0 Å². The van der Waals surface area contributed by atoms with Gasteiger partial charge in [-0.2, -0.15) is 0 Å². The molecule has 3 rings (SSSR count). The Labute approximate surface area is 206 Å². The van der Waals surface area contributed by atoms with Gasteiger partial charge in [0.15, 0.2) is 6.61 Å². The number of sulfonamides is 1. The van der Waals surface area contributed by atoms with Gasteiger partial charge >= 0.3 is 5.97 Å². The first-order valence-electron chi connectivity index (χ1n) is 11.6. The maximum absolute atomic E-state index is 13.1. The molecule has 7 nitrogen and oxygen atoms in total. The van der Waals surface area contributed by atoms with Crippen LogP contribution < -0.4 is 9.62 Å². The molecule has 0 saturated heterocycles. The van der Waals surface area contributed by atoms with E-state index >= 15 is 0 Å². The molecule has 184 valence electrons. The maximum Gasteiger partial charge on any atom is 0.338 e. The lowest BCUT2D eigenvalue weighted by Crippen LogP contribution is -2.30. The summed E-state index contributed by atoms with van der Waals surface area (Å²) in [5, 5.41) is 2.85. The quantitative estimate of drug-likeness (QED) is 0.408. The largest absolute Gasteiger partial charge is 0.452 e. The van der Waals surface area contributed by atoms with Crippen LogP contribution in [0.4, 0.5) is 11.4 Å². The van der Waals surface area contributed by atoms with Crippen LogP contribution in [0.5, 0.6) is 0 Å². The highest BCUT2D eigenvalue weighted by molar-refractivity contribution is 7.92. The van der Waals surface area contributed by atoms with E-state index in [4.69, 9.17) is 4.74 Å². The topological polar surface area (TPSA) is 92.8 Å². The fraction of sp³-hybridized carbons (Fsp3) is 0.259. The Kier molecular flexibility index (Phi) is 8.65. The second kappa shape index (κ2) is 11.7. The predicted molar refractivity (Wildman–Crippen MR) is 137 cm³/mol. The van der Waals surface area contributed by atoms with Crippen LogP contribution in [0, 0.1) is 0 Å². The van der Waals surface area contributed by atoms with Gasteiger partial charge in [0, 0.05) is 12.2 Å². The molecule has 0 aliphatic carbocycles. The zero-order valence-electron chi connectivity index (χ0n) is 20.2. The van der Waals surface area contributed by atoms with Crippen LogP contribution in [-0.4, -0.2) is 33.4 Å². The molecule has 1 N–H and O–H groups in total. The molecule has 3 aromatic rings. The van der Waals surface area contributed by atoms with E-state index in [0.717, 1.165) is 29.7 Å². The van der Waals surface area contributed by atoms with Crippen molar-refractivity contribution in [3.05, 3.63) is 89.5 Å². The predicted octanol–water partition coefficient (Wildman–Crippen LogP) is 4.82. The van der Waals surface area contributed by atoms with E-state index < -0.39 is 28.5 Å². The molecule has 0 radical (unpaired) electrons. The maximum atomic E-state index is 13.1. The average molecular weight is 495 g/mol. The Balaban J connectivity index is 1.66. The van der Waals surface area contributed by atoms with Crippen molar-refractivity contribution in [3.8, 4) is 0 Å². The Bertz CT molecular complexity index is 1250. The number of ether oxygens (including phenoxy) is 1. The van der Waals surface area contributed by atoms with Crippen molar-refractivity contribution in [1.82, 2.24) is 0 Å². The number of para-hydroxylation sites is 2. The number of aryl methyl sites for hydroxylation is 2. The second-order valence-electron chi connectivity index (χ2n) is 7.81. The molecule has 0 aliphatic heterocycles. The van der Waals surface area contributed by atoms with Gasteiger partial charge in [-0.05, 0) is 67.3 Å². The third kappa shape index (κ3) is 6.08. The number of nitrogens with one attached hydrogen (secondary N) is 1. The number of hydrogen-bond donors (Lipinski definition) is 1. The van der Waals surface area contributed by atoms with Crippen molar-refractivity contribution >= 4 is 33.3 Å². The third-order valence-electron chi connectivity index (χ3n) is 5.61. The molecule has 0 unspecified atom stereocenters. The minimum atomic E-state index is -3.80. The van der Waals surface area contributed by atoms with Crippen molar-refractivity contribution in [2.45, 2.75) is 38.5 Å². The van der Waals surface area contributed by atoms with E-state index in [9.17, 15) is 18.0 Å². The van der Waals surface area contributed by atoms with Gasteiger partial charge < -0.3 is 10.1 Å². The molecule has 0 bridgehead atoms. The number of nitrogens with zero attached hydrogens (tertiary/aromatic N) is 1. The second-order valence-corrected chi connectivity index (χ2v) is 9.67. The summed E-state index contributed by atoms with van der Waals surface area (Å²) in [6, 6.07) is 20.2. The number of amides is 1. The Morgan fingerprint density at radius 3 is 1.97 bits per heavy atom. The first kappa shape index (κ1) is 26.0. The fourth-order valence-corrected chi connectivity index (χ4v) is 5.24. The van der Waals surface area contributed by atoms with E-state index in [1.54, 1.807) is 31.2 Å². The lowest BCUT2D eigenvalue weighted by atomic mass is 10.0. The first-order valence-corrected chi connectivity index (χ1v) is 13.0. The zero-order chi connectivity index (χ0) is 25.4. The lowest BCUT2D eigenvalue weighted by Gasteiger charge is -2.22. The van der Waals surface area contributed by atoms with Gasteiger partial charge in [-0.25, -0.2) is 13.2 Å². The Hall–Kier alpha value is -3.65. The molecule has 0 saturated carbocycles. The van der Waals surface area contributed by atoms with Gasteiger partial charge in [0.2, 0.25) is 0 Å². The summed E-state index contributed by atoms with van der Waals surface area (Å²) in [6.07, 6.45) is 1.52. The van der Waals surface area contributed by atoms with E-state index in [2.05, 4.69) is 5.32 Å². The minimum Gasteiger partial charge on any atom is -0.452 e. The normalized spacial score (nSPS) is 11.1. The zero-order valence-corrected chi connectivity index (χ0v) is 21.0. The number of hydrogen-bond acceptors (Lipinski definition) is 5. The smallest absolute Gasteiger partial charge is 0.338 e. The molecule has 8 heteroatoms. The number of benzene rings is 3. The van der Waals surface area contributed by atoms with Crippen LogP contribution in [0.2, 0.25) is 0 Å². The molecule has 0 aromatic heterocycles. The van der Waals surface area contributed by atoms with Gasteiger partial charge in [0.25, 0.3) is 15.9 Å². The standard InChI is InChI=1S/C27H30N2O5S/c1-4-20-11-10-12-21(5-2)26(20)28-25(30)19-34-27(31)22-15-17-24(18-16-22)35(32,33)29(6-3)23-13-8-7-9-14-23/h7-18H,4-6,19H2,1-3H3,(H,28,30). The Morgan fingerprint density at radius 2 is 1.43 bits per heavy atom. The summed E-state index contributed by atoms with van der Waals surface area (Å²) in [5.41, 5.74) is 3.49. The van der Waals surface area contributed by atoms with Crippen molar-refractivity contribution in [2.75, 3.05) is 22.8 Å². The van der Waals surface area contributed by atoms with Gasteiger partial charge in [-0.1, -0.05) is 50.2 Å². The third-order valence-corrected chi connectivity index (χ3v) is 7.52. The summed E-state index contributed by atoms with van der Waals surface area (Å²) in [7, 11) is -3.80. The van der Waals surface area contributed by atoms with Crippen LogP contribution in [0.3, 0.4) is 0 Å². The molecular weight excluding hydrogens is 464 g/mol. The number of anilines is 2. The summed E-state index contributed by atoms with van der Waals surface area (Å²) in [6.45, 7) is 5.58. The summed E-state index contributed by atoms with van der Waals surface area (Å²) in [4.78, 5) is 25.0. The average Bonchev–Trinajstić information content (AvgIpc) is 2.88. The molecule has 0 heterocycles. The molecular formula is C27H30N2O5S. The van der Waals surface area contributed by atoms with Gasteiger partial charge in [-0.3, -0.25) is 9.10 Å². The minimum absolute atomic E-state index is 0.0563. The summed E-state index contributed by atoms with van der Waals surface area (Å²) in [5.74, 6) is -1.14. The molecule has 0 fully saturated rings. The van der Waals surface area contributed by atoms with E-state index in [-0.39, 0.29) is 17.0 Å². The van der Waals surface area contributed by atoms with Crippen molar-refractivity contribution < 1.29 is 22.7 Å². The van der Waals surface area contributed by atoms with E-state index in [1.807, 2.05) is 38.1 Å². The molecule has 0 atom stereocenters. The van der Waals surface area contributed by atoms with E-state index in [0.29, 0.717) is 5.69 Å². The van der Waals surface area contributed by atoms with Crippen LogP contribution in [0.15, 0.2) is 77.7 Å². The van der Waals surface area contributed by atoms with Gasteiger partial charge in [-0.15, -0.1) is 0 Å². The lowest BCUT2D eigenvalue weighted by molar-refractivity contribution is -0.119. The highest BCUT2D eigenvalue weighted by Gasteiger charge is 2.24. The monoisotopic (exact) mass is 494 g/mol. The molecule has 3 aromatic carbocycles. The van der Waals surface area contributed by atoms with Gasteiger partial charge in [0.05, 0.1) is 16.1 Å². The number of carbonyl (C=O) groups is 2. The number of carbonyl (C=O) groups excluding carboxylic acids is 2. The molecule has 1 amide bonds. The van der Waals surface area contributed by atoms with Crippen LogP contribution in [-0.2, 0) is 32.4 Å². The SMILES string of the molecule is CCc1cccc(CC)c1NC(=O)COC(=O)c1ccc(S(=O)(=O)N(CC)c2ccccc2)cc1. The number of rotatable bonds is 10. The molecule has 0 spiro atoms. The fourth-order valence-electron chi connectivity index (χ4n) is 3.77. The van der Waals surface area contributed by atoms with Crippen molar-refractivity contribution in [1.29, 1.82) is 0 Å². The summed E-state index contributed by atoms with van der Waals surface area (Å²) >= 11 is 0. The highest BCUT2D eigenvalue weighted by Crippen LogP contribution is 2.24. The molecule has 0 aliphatic rings. The first-order chi connectivity index (χ1) is 16.8.